The van der Waals surface area contributed by atoms with Crippen LogP contribution in [0, 0.1) is 11.6 Å². The molecule has 0 unspecified atom stereocenters. The van der Waals surface area contributed by atoms with Crippen molar-refractivity contribution in [2.45, 2.75) is 20.3 Å². The second kappa shape index (κ2) is 4.73. The van der Waals surface area contributed by atoms with Gasteiger partial charge in [-0.3, -0.25) is 0 Å². The van der Waals surface area contributed by atoms with Gasteiger partial charge >= 0.3 is 0 Å². The Kier molecular flexibility index (Phi) is 3.61. The Balaban J connectivity index is 0.000000293. The highest BCUT2D eigenvalue weighted by atomic mass is 19.2. The van der Waals surface area contributed by atoms with Crippen LogP contribution in [-0.2, 0) is 0 Å². The third kappa shape index (κ3) is 2.09. The minimum Gasteiger partial charge on any atom is -0.204 e. The van der Waals surface area contributed by atoms with E-state index in [2.05, 4.69) is 19.6 Å². The summed E-state index contributed by atoms with van der Waals surface area (Å²) in [7, 11) is 0. The summed E-state index contributed by atoms with van der Waals surface area (Å²) in [5, 5.41) is 0. The van der Waals surface area contributed by atoms with Gasteiger partial charge in [0.05, 0.1) is 0 Å². The standard InChI is InChI=1S/C9H4F2.C3H8/c10-8-5-4-6-2-1-3-7(6)9(8)11;1-3-2/h2-5H;3H2,1-2H3. The van der Waals surface area contributed by atoms with Gasteiger partial charge in [0.1, 0.15) is 0 Å². The van der Waals surface area contributed by atoms with Crippen molar-refractivity contribution < 1.29 is 8.78 Å². The SMILES string of the molecule is CCC.Fc1ccc2c(c1F)C=C=C2. The van der Waals surface area contributed by atoms with Crippen LogP contribution in [-0.4, -0.2) is 0 Å². The molecule has 0 bridgehead atoms. The molecule has 1 aromatic rings. The fraction of sp³-hybridized carbons (Fsp3) is 0.250. The summed E-state index contributed by atoms with van der Waals surface area (Å²) < 4.78 is 25.4. The van der Waals surface area contributed by atoms with Gasteiger partial charge in [0.15, 0.2) is 11.6 Å². The Morgan fingerprint density at radius 1 is 1.14 bits per heavy atom. The molecule has 0 spiro atoms. The molecule has 14 heavy (non-hydrogen) atoms. The van der Waals surface area contributed by atoms with Crippen LogP contribution in [0.15, 0.2) is 17.9 Å². The normalized spacial score (nSPS) is 10.9. The molecule has 0 amide bonds. The molecule has 1 aliphatic carbocycles. The van der Waals surface area contributed by atoms with Crippen molar-refractivity contribution in [3.63, 3.8) is 0 Å². The van der Waals surface area contributed by atoms with E-state index in [-0.39, 0.29) is 0 Å². The first-order valence-electron chi connectivity index (χ1n) is 4.61. The van der Waals surface area contributed by atoms with Crippen molar-refractivity contribution in [3.8, 4) is 0 Å². The Hall–Kier alpha value is -1.40. The maximum Gasteiger partial charge on any atom is 0.167 e. The summed E-state index contributed by atoms with van der Waals surface area (Å²) in [6.45, 7) is 4.25. The van der Waals surface area contributed by atoms with Crippen LogP contribution < -0.4 is 0 Å². The van der Waals surface area contributed by atoms with E-state index in [1.807, 2.05) is 0 Å². The van der Waals surface area contributed by atoms with Crippen molar-refractivity contribution in [3.05, 3.63) is 40.6 Å². The number of halogens is 2. The quantitative estimate of drug-likeness (QED) is 0.555. The van der Waals surface area contributed by atoms with E-state index >= 15 is 0 Å². The minimum atomic E-state index is -0.808. The summed E-state index contributed by atoms with van der Waals surface area (Å²) in [5.41, 5.74) is 3.68. The van der Waals surface area contributed by atoms with Crippen LogP contribution in [0.25, 0.3) is 12.2 Å². The zero-order valence-electron chi connectivity index (χ0n) is 8.27. The molecule has 0 fully saturated rings. The number of benzene rings is 1. The van der Waals surface area contributed by atoms with Gasteiger partial charge in [-0.05, 0) is 23.8 Å². The summed E-state index contributed by atoms with van der Waals surface area (Å²) >= 11 is 0. The van der Waals surface area contributed by atoms with E-state index < -0.39 is 11.6 Å². The number of rotatable bonds is 0. The van der Waals surface area contributed by atoms with Crippen molar-refractivity contribution in [1.82, 2.24) is 0 Å². The van der Waals surface area contributed by atoms with Crippen LogP contribution in [0.4, 0.5) is 8.78 Å². The molecular weight excluding hydrogens is 182 g/mol. The van der Waals surface area contributed by atoms with Gasteiger partial charge in [0.25, 0.3) is 0 Å². The van der Waals surface area contributed by atoms with E-state index in [4.69, 9.17) is 0 Å². The minimum absolute atomic E-state index is 0.296. The highest BCUT2D eigenvalue weighted by molar-refractivity contribution is 5.73. The Morgan fingerprint density at radius 2 is 1.79 bits per heavy atom. The maximum absolute atomic E-state index is 12.8. The topological polar surface area (TPSA) is 0 Å². The van der Waals surface area contributed by atoms with Crippen molar-refractivity contribution in [2.75, 3.05) is 0 Å². The lowest BCUT2D eigenvalue weighted by Crippen LogP contribution is -1.89. The molecule has 0 nitrogen and oxygen atoms in total. The molecule has 0 aliphatic heterocycles. The molecule has 2 heteroatoms. The highest BCUT2D eigenvalue weighted by Gasteiger charge is 2.11. The smallest absolute Gasteiger partial charge is 0.167 e. The van der Waals surface area contributed by atoms with Crippen LogP contribution >= 0.6 is 0 Å². The van der Waals surface area contributed by atoms with Crippen LogP contribution in [0.5, 0.6) is 0 Å². The average Bonchev–Trinajstić information content (AvgIpc) is 2.61. The van der Waals surface area contributed by atoms with E-state index in [1.54, 1.807) is 6.08 Å². The van der Waals surface area contributed by atoms with Crippen molar-refractivity contribution >= 4 is 12.2 Å². The van der Waals surface area contributed by atoms with Crippen molar-refractivity contribution in [1.29, 1.82) is 0 Å². The summed E-state index contributed by atoms with van der Waals surface area (Å²) in [6, 6.07) is 2.65. The fourth-order valence-electron chi connectivity index (χ4n) is 1.07. The summed E-state index contributed by atoms with van der Waals surface area (Å²) in [5.74, 6) is -1.60. The van der Waals surface area contributed by atoms with E-state index in [9.17, 15) is 8.78 Å². The Morgan fingerprint density at radius 3 is 2.43 bits per heavy atom. The van der Waals surface area contributed by atoms with Gasteiger partial charge in [-0.25, -0.2) is 8.78 Å². The number of hydrogen-bond donors (Lipinski definition) is 0. The molecule has 0 N–H and O–H groups in total. The Bertz CT molecular complexity index is 386. The summed E-state index contributed by atoms with van der Waals surface area (Å²) in [4.78, 5) is 0. The second-order valence-electron chi connectivity index (χ2n) is 3.03. The molecule has 2 rings (SSSR count). The molecule has 0 aromatic heterocycles. The van der Waals surface area contributed by atoms with Crippen LogP contribution in [0.3, 0.4) is 0 Å². The number of hydrogen-bond acceptors (Lipinski definition) is 0. The Labute approximate surface area is 82.6 Å². The fourth-order valence-corrected chi connectivity index (χ4v) is 1.07. The summed E-state index contributed by atoms with van der Waals surface area (Å²) in [6.07, 6.45) is 4.31. The van der Waals surface area contributed by atoms with Gasteiger partial charge in [0.2, 0.25) is 0 Å². The number of fused-ring (bicyclic) bond motifs is 1. The van der Waals surface area contributed by atoms with E-state index in [1.165, 1.54) is 18.6 Å². The molecule has 0 heterocycles. The molecule has 74 valence electrons. The molecular formula is C12H12F2. The zero-order chi connectivity index (χ0) is 10.6. The first-order chi connectivity index (χ1) is 6.70. The van der Waals surface area contributed by atoms with Gasteiger partial charge < -0.3 is 0 Å². The maximum atomic E-state index is 12.8. The highest BCUT2D eigenvalue weighted by Crippen LogP contribution is 2.22. The molecule has 0 atom stereocenters. The molecule has 0 saturated carbocycles. The molecule has 1 aliphatic rings. The third-order valence-corrected chi connectivity index (χ3v) is 1.63. The second-order valence-corrected chi connectivity index (χ2v) is 3.03. The van der Waals surface area contributed by atoms with Gasteiger partial charge in [-0.15, -0.1) is 5.73 Å². The lowest BCUT2D eigenvalue weighted by Gasteiger charge is -1.98. The third-order valence-electron chi connectivity index (χ3n) is 1.63. The average molecular weight is 194 g/mol. The first-order valence-corrected chi connectivity index (χ1v) is 4.61. The first kappa shape index (κ1) is 10.7. The largest absolute Gasteiger partial charge is 0.204 e. The zero-order valence-corrected chi connectivity index (χ0v) is 8.27. The van der Waals surface area contributed by atoms with E-state index in [0.717, 1.165) is 6.07 Å². The van der Waals surface area contributed by atoms with Crippen LogP contribution in [0.1, 0.15) is 31.4 Å². The van der Waals surface area contributed by atoms with Gasteiger partial charge in [-0.2, -0.15) is 0 Å². The van der Waals surface area contributed by atoms with Gasteiger partial charge in [0, 0.05) is 5.56 Å². The monoisotopic (exact) mass is 194 g/mol. The molecule has 0 radical (unpaired) electrons. The van der Waals surface area contributed by atoms with Crippen molar-refractivity contribution in [2.24, 2.45) is 0 Å². The molecule has 0 saturated heterocycles. The predicted octanol–water partition coefficient (Wildman–Crippen LogP) is 4.02. The molecule has 1 aromatic carbocycles. The van der Waals surface area contributed by atoms with Crippen LogP contribution in [0.2, 0.25) is 0 Å². The lowest BCUT2D eigenvalue weighted by molar-refractivity contribution is 0.507. The lowest BCUT2D eigenvalue weighted by atomic mass is 10.1. The predicted molar refractivity (Wildman–Crippen MR) is 54.8 cm³/mol. The van der Waals surface area contributed by atoms with Gasteiger partial charge in [-0.1, -0.05) is 26.3 Å². The van der Waals surface area contributed by atoms with E-state index in [0.29, 0.717) is 11.1 Å².